The van der Waals surface area contributed by atoms with Crippen molar-refractivity contribution >= 4 is 11.9 Å². The minimum Gasteiger partial charge on any atom is -0.290 e. The molecule has 0 bridgehead atoms. The second-order valence-electron chi connectivity index (χ2n) is 4.44. The first-order chi connectivity index (χ1) is 10.3. The topological polar surface area (TPSA) is 54.9 Å². The molecule has 1 aromatic heterocycles. The van der Waals surface area contributed by atoms with Crippen molar-refractivity contribution in [2.45, 2.75) is 0 Å². The van der Waals surface area contributed by atoms with Crippen LogP contribution in [0.4, 0.5) is 5.95 Å². The number of carbonyl (C=O) groups is 1. The second kappa shape index (κ2) is 5.96. The van der Waals surface area contributed by atoms with E-state index in [0.717, 1.165) is 11.1 Å². The lowest BCUT2D eigenvalue weighted by atomic mass is 9.99. The van der Waals surface area contributed by atoms with E-state index in [2.05, 4.69) is 15.3 Å². The number of hydrogen-bond donors (Lipinski definition) is 1. The molecule has 3 aromatic rings. The van der Waals surface area contributed by atoms with Crippen LogP contribution in [0, 0.1) is 0 Å². The molecule has 0 saturated heterocycles. The summed E-state index contributed by atoms with van der Waals surface area (Å²) in [7, 11) is 0. The van der Waals surface area contributed by atoms with Crippen LogP contribution in [0.2, 0.25) is 0 Å². The average Bonchev–Trinajstić information content (AvgIpc) is 2.56. The molecule has 0 fully saturated rings. The molecule has 1 N–H and O–H groups in total. The largest absolute Gasteiger partial charge is 0.290 e. The maximum atomic E-state index is 12.4. The molecule has 0 aliphatic rings. The third kappa shape index (κ3) is 2.95. The number of hydrogen-bond acceptors (Lipinski definition) is 3. The summed E-state index contributed by atoms with van der Waals surface area (Å²) in [5.74, 6) is 0.0750. The van der Waals surface area contributed by atoms with Gasteiger partial charge in [0, 0.05) is 18.0 Å². The monoisotopic (exact) mass is 275 g/mol. The highest BCUT2D eigenvalue weighted by Gasteiger charge is 2.13. The van der Waals surface area contributed by atoms with Crippen molar-refractivity contribution in [3.63, 3.8) is 0 Å². The summed E-state index contributed by atoms with van der Waals surface area (Å²) < 4.78 is 0. The van der Waals surface area contributed by atoms with E-state index in [1.54, 1.807) is 24.5 Å². The van der Waals surface area contributed by atoms with Crippen molar-refractivity contribution in [2.24, 2.45) is 0 Å². The van der Waals surface area contributed by atoms with Gasteiger partial charge in [0.05, 0.1) is 0 Å². The Bertz CT molecular complexity index is 742. The summed E-state index contributed by atoms with van der Waals surface area (Å²) in [5.41, 5.74) is 2.47. The Hall–Kier alpha value is -3.01. The highest BCUT2D eigenvalue weighted by molar-refractivity contribution is 6.07. The lowest BCUT2D eigenvalue weighted by Crippen LogP contribution is -2.14. The van der Waals surface area contributed by atoms with Crippen LogP contribution < -0.4 is 5.32 Å². The molecule has 2 aromatic carbocycles. The number of benzene rings is 2. The predicted molar refractivity (Wildman–Crippen MR) is 81.9 cm³/mol. The number of amides is 1. The van der Waals surface area contributed by atoms with Crippen LogP contribution in [0.1, 0.15) is 10.4 Å². The van der Waals surface area contributed by atoms with Crippen LogP contribution in [0.5, 0.6) is 0 Å². The van der Waals surface area contributed by atoms with Gasteiger partial charge >= 0.3 is 0 Å². The molecule has 3 rings (SSSR count). The number of carbonyl (C=O) groups excluding carboxylic acids is 1. The summed E-state index contributed by atoms with van der Waals surface area (Å²) >= 11 is 0. The maximum absolute atomic E-state index is 12.4. The standard InChI is InChI=1S/C17H13N3O/c21-16(20-17-18-11-6-12-19-17)15-10-5-4-9-14(15)13-7-2-1-3-8-13/h1-12H,(H,18,19,20,21). The highest BCUT2D eigenvalue weighted by atomic mass is 16.1. The molecule has 0 saturated carbocycles. The van der Waals surface area contributed by atoms with Gasteiger partial charge in [-0.15, -0.1) is 0 Å². The zero-order valence-electron chi connectivity index (χ0n) is 11.2. The molecule has 0 spiro atoms. The second-order valence-corrected chi connectivity index (χ2v) is 4.44. The normalized spacial score (nSPS) is 10.1. The summed E-state index contributed by atoms with van der Waals surface area (Å²) in [4.78, 5) is 20.4. The van der Waals surface area contributed by atoms with Crippen molar-refractivity contribution < 1.29 is 4.79 Å². The van der Waals surface area contributed by atoms with E-state index in [-0.39, 0.29) is 5.91 Å². The minimum atomic E-state index is -0.222. The van der Waals surface area contributed by atoms with E-state index >= 15 is 0 Å². The van der Waals surface area contributed by atoms with Crippen molar-refractivity contribution in [2.75, 3.05) is 5.32 Å². The third-order valence-corrected chi connectivity index (χ3v) is 3.05. The molecule has 0 aliphatic heterocycles. The Morgan fingerprint density at radius 3 is 2.24 bits per heavy atom. The van der Waals surface area contributed by atoms with Gasteiger partial charge in [0.1, 0.15) is 0 Å². The SMILES string of the molecule is O=C(Nc1ncccn1)c1ccccc1-c1ccccc1. The summed E-state index contributed by atoms with van der Waals surface area (Å²) in [6.07, 6.45) is 3.18. The summed E-state index contributed by atoms with van der Waals surface area (Å²) in [5, 5.41) is 2.71. The molecule has 102 valence electrons. The lowest BCUT2D eigenvalue weighted by molar-refractivity contribution is 0.102. The highest BCUT2D eigenvalue weighted by Crippen LogP contribution is 2.23. The van der Waals surface area contributed by atoms with Gasteiger partial charge < -0.3 is 0 Å². The smallest absolute Gasteiger partial charge is 0.258 e. The Balaban J connectivity index is 1.94. The fourth-order valence-corrected chi connectivity index (χ4v) is 2.08. The van der Waals surface area contributed by atoms with E-state index in [9.17, 15) is 4.79 Å². The van der Waals surface area contributed by atoms with Crippen molar-refractivity contribution in [1.29, 1.82) is 0 Å². The van der Waals surface area contributed by atoms with Gasteiger partial charge in [-0.25, -0.2) is 9.97 Å². The summed E-state index contributed by atoms with van der Waals surface area (Å²) in [6, 6.07) is 19.0. The van der Waals surface area contributed by atoms with Gasteiger partial charge in [-0.2, -0.15) is 0 Å². The van der Waals surface area contributed by atoms with Gasteiger partial charge in [0.2, 0.25) is 5.95 Å². The van der Waals surface area contributed by atoms with E-state index in [1.165, 1.54) is 0 Å². The van der Waals surface area contributed by atoms with Crippen LogP contribution in [0.25, 0.3) is 11.1 Å². The molecule has 0 aliphatic carbocycles. The van der Waals surface area contributed by atoms with Crippen molar-refractivity contribution in [3.8, 4) is 11.1 Å². The predicted octanol–water partition coefficient (Wildman–Crippen LogP) is 3.40. The molecular formula is C17H13N3O. The van der Waals surface area contributed by atoms with Crippen molar-refractivity contribution in [1.82, 2.24) is 9.97 Å². The average molecular weight is 275 g/mol. The van der Waals surface area contributed by atoms with Gasteiger partial charge in [-0.3, -0.25) is 10.1 Å². The number of aromatic nitrogens is 2. The lowest BCUT2D eigenvalue weighted by Gasteiger charge is -2.09. The van der Waals surface area contributed by atoms with E-state index < -0.39 is 0 Å². The molecule has 0 atom stereocenters. The molecule has 0 radical (unpaired) electrons. The fourth-order valence-electron chi connectivity index (χ4n) is 2.08. The Labute approximate surface area is 122 Å². The van der Waals surface area contributed by atoms with E-state index in [1.807, 2.05) is 48.5 Å². The number of rotatable bonds is 3. The van der Waals surface area contributed by atoms with Crippen LogP contribution in [0.3, 0.4) is 0 Å². The van der Waals surface area contributed by atoms with Crippen LogP contribution in [0.15, 0.2) is 73.1 Å². The van der Waals surface area contributed by atoms with Gasteiger partial charge in [0.15, 0.2) is 0 Å². The zero-order chi connectivity index (χ0) is 14.5. The number of nitrogens with one attached hydrogen (secondary N) is 1. The molecule has 4 nitrogen and oxygen atoms in total. The minimum absolute atomic E-state index is 0.222. The molecule has 1 amide bonds. The molecule has 4 heteroatoms. The quantitative estimate of drug-likeness (QED) is 0.797. The van der Waals surface area contributed by atoms with Gasteiger partial charge in [-0.05, 0) is 23.3 Å². The third-order valence-electron chi connectivity index (χ3n) is 3.05. The maximum Gasteiger partial charge on any atom is 0.258 e. The van der Waals surface area contributed by atoms with Gasteiger partial charge in [0.25, 0.3) is 5.91 Å². The molecule has 1 heterocycles. The summed E-state index contributed by atoms with van der Waals surface area (Å²) in [6.45, 7) is 0. The number of anilines is 1. The van der Waals surface area contributed by atoms with Crippen LogP contribution in [-0.2, 0) is 0 Å². The Morgan fingerprint density at radius 2 is 1.48 bits per heavy atom. The Kier molecular flexibility index (Phi) is 3.69. The molecular weight excluding hydrogens is 262 g/mol. The zero-order valence-corrected chi connectivity index (χ0v) is 11.2. The van der Waals surface area contributed by atoms with E-state index in [4.69, 9.17) is 0 Å². The molecule has 0 unspecified atom stereocenters. The van der Waals surface area contributed by atoms with Crippen molar-refractivity contribution in [3.05, 3.63) is 78.6 Å². The molecule has 21 heavy (non-hydrogen) atoms. The van der Waals surface area contributed by atoms with Crippen LogP contribution >= 0.6 is 0 Å². The Morgan fingerprint density at radius 1 is 0.810 bits per heavy atom. The van der Waals surface area contributed by atoms with Gasteiger partial charge in [-0.1, -0.05) is 48.5 Å². The van der Waals surface area contributed by atoms with E-state index in [0.29, 0.717) is 11.5 Å². The first-order valence-corrected chi connectivity index (χ1v) is 6.57. The number of nitrogens with zero attached hydrogens (tertiary/aromatic N) is 2. The fraction of sp³-hybridized carbons (Fsp3) is 0. The first-order valence-electron chi connectivity index (χ1n) is 6.57. The first kappa shape index (κ1) is 13.0. The van der Waals surface area contributed by atoms with Crippen LogP contribution in [-0.4, -0.2) is 15.9 Å².